The summed E-state index contributed by atoms with van der Waals surface area (Å²) in [6, 6.07) is 11.2. The van der Waals surface area contributed by atoms with Crippen molar-refractivity contribution in [3.63, 3.8) is 0 Å². The Morgan fingerprint density at radius 3 is 2.76 bits per heavy atom. The average Bonchev–Trinajstić information content (AvgIpc) is 2.40. The quantitative estimate of drug-likeness (QED) is 0.478. The van der Waals surface area contributed by atoms with Gasteiger partial charge in [0.25, 0.3) is 0 Å². The Morgan fingerprint density at radius 2 is 2.12 bits per heavy atom. The zero-order chi connectivity index (χ0) is 12.1. The van der Waals surface area contributed by atoms with Crippen LogP contribution in [0.25, 0.3) is 0 Å². The highest BCUT2D eigenvalue weighted by atomic mass is 16.4. The van der Waals surface area contributed by atoms with E-state index in [1.807, 2.05) is 6.07 Å². The Hall–Kier alpha value is -1.35. The molecule has 0 aromatic heterocycles. The molecule has 1 fully saturated rings. The topological polar surface area (TPSA) is 44.6 Å². The minimum atomic E-state index is 0.269. The largest absolute Gasteiger partial charge is 0.411 e. The lowest BCUT2D eigenvalue weighted by Crippen LogP contribution is -2.42. The molecule has 1 saturated heterocycles. The summed E-state index contributed by atoms with van der Waals surface area (Å²) < 4.78 is 0. The molecule has 17 heavy (non-hydrogen) atoms. The normalized spacial score (nSPS) is 29.6. The van der Waals surface area contributed by atoms with E-state index in [1.54, 1.807) is 6.21 Å². The van der Waals surface area contributed by atoms with E-state index in [2.05, 4.69) is 41.7 Å². The van der Waals surface area contributed by atoms with Crippen LogP contribution in [0.2, 0.25) is 0 Å². The van der Waals surface area contributed by atoms with Gasteiger partial charge in [-0.25, -0.2) is 0 Å². The van der Waals surface area contributed by atoms with Crippen molar-refractivity contribution in [3.05, 3.63) is 35.9 Å². The molecule has 2 N–H and O–H groups in total. The number of nitrogens with zero attached hydrogens (tertiary/aromatic N) is 1. The molecule has 3 atom stereocenters. The minimum absolute atomic E-state index is 0.269. The summed E-state index contributed by atoms with van der Waals surface area (Å²) in [5.74, 6) is 0.283. The smallest absolute Gasteiger partial charge is 0.0485 e. The first-order valence-corrected chi connectivity index (χ1v) is 6.33. The Bertz CT molecular complexity index is 364. The molecule has 3 unspecified atom stereocenters. The van der Waals surface area contributed by atoms with Gasteiger partial charge in [-0.15, -0.1) is 5.16 Å². The van der Waals surface area contributed by atoms with Gasteiger partial charge in [-0.3, -0.25) is 0 Å². The minimum Gasteiger partial charge on any atom is -0.411 e. The van der Waals surface area contributed by atoms with E-state index in [4.69, 9.17) is 5.21 Å². The molecule has 0 aliphatic carbocycles. The third-order valence-electron chi connectivity index (χ3n) is 3.60. The second kappa shape index (κ2) is 5.82. The predicted molar refractivity (Wildman–Crippen MR) is 69.4 cm³/mol. The van der Waals surface area contributed by atoms with E-state index >= 15 is 0 Å². The second-order valence-electron chi connectivity index (χ2n) is 4.67. The summed E-state index contributed by atoms with van der Waals surface area (Å²) >= 11 is 0. The van der Waals surface area contributed by atoms with Gasteiger partial charge in [0.15, 0.2) is 0 Å². The molecule has 1 heterocycles. The second-order valence-corrected chi connectivity index (χ2v) is 4.67. The van der Waals surface area contributed by atoms with Gasteiger partial charge in [-0.05, 0) is 24.8 Å². The zero-order valence-electron chi connectivity index (χ0n) is 10.2. The monoisotopic (exact) mass is 232 g/mol. The van der Waals surface area contributed by atoms with E-state index in [9.17, 15) is 0 Å². The van der Waals surface area contributed by atoms with Crippen molar-refractivity contribution in [1.82, 2.24) is 5.32 Å². The van der Waals surface area contributed by atoms with Crippen LogP contribution in [-0.4, -0.2) is 17.5 Å². The standard InChI is InChI=1S/C14H20N2O/c1-2-13-9-8-12(10-15-17)14(16-13)11-6-4-3-5-7-11/h3-7,10,12-14,16-17H,2,8-9H2,1H3. The summed E-state index contributed by atoms with van der Waals surface area (Å²) in [6.07, 6.45) is 5.04. The fourth-order valence-electron chi connectivity index (χ4n) is 2.59. The van der Waals surface area contributed by atoms with Crippen molar-refractivity contribution in [2.45, 2.75) is 38.3 Å². The number of rotatable bonds is 3. The Balaban J connectivity index is 2.19. The molecule has 92 valence electrons. The molecule has 1 aliphatic rings. The highest BCUT2D eigenvalue weighted by molar-refractivity contribution is 5.62. The van der Waals surface area contributed by atoms with Crippen molar-refractivity contribution in [2.24, 2.45) is 11.1 Å². The summed E-state index contributed by atoms with van der Waals surface area (Å²) in [5, 5.41) is 15.6. The molecule has 2 rings (SSSR count). The number of nitrogens with one attached hydrogen (secondary N) is 1. The van der Waals surface area contributed by atoms with Gasteiger partial charge in [0.05, 0.1) is 0 Å². The molecule has 3 heteroatoms. The van der Waals surface area contributed by atoms with E-state index < -0.39 is 0 Å². The van der Waals surface area contributed by atoms with E-state index in [0.29, 0.717) is 6.04 Å². The Morgan fingerprint density at radius 1 is 1.35 bits per heavy atom. The van der Waals surface area contributed by atoms with Gasteiger partial charge in [0, 0.05) is 24.2 Å². The van der Waals surface area contributed by atoms with Crippen LogP contribution in [0, 0.1) is 5.92 Å². The van der Waals surface area contributed by atoms with E-state index in [-0.39, 0.29) is 12.0 Å². The SMILES string of the molecule is CCC1CCC(C=NO)C(c2ccccc2)N1. The summed E-state index contributed by atoms with van der Waals surface area (Å²) in [6.45, 7) is 2.21. The number of benzene rings is 1. The maximum absolute atomic E-state index is 8.75. The zero-order valence-corrected chi connectivity index (χ0v) is 10.2. The van der Waals surface area contributed by atoms with Gasteiger partial charge >= 0.3 is 0 Å². The first-order valence-electron chi connectivity index (χ1n) is 6.33. The molecule has 1 aromatic rings. The first kappa shape index (κ1) is 12.1. The lowest BCUT2D eigenvalue weighted by molar-refractivity contribution is 0.269. The molecular weight excluding hydrogens is 212 g/mol. The third kappa shape index (κ3) is 2.86. The maximum atomic E-state index is 8.75. The third-order valence-corrected chi connectivity index (χ3v) is 3.60. The van der Waals surface area contributed by atoms with Crippen molar-refractivity contribution in [3.8, 4) is 0 Å². The molecule has 0 bridgehead atoms. The number of oxime groups is 1. The molecule has 3 nitrogen and oxygen atoms in total. The van der Waals surface area contributed by atoms with E-state index in [0.717, 1.165) is 19.3 Å². The van der Waals surface area contributed by atoms with Crippen molar-refractivity contribution in [1.29, 1.82) is 0 Å². The molecule has 1 aliphatic heterocycles. The van der Waals surface area contributed by atoms with Gasteiger partial charge in [-0.1, -0.05) is 37.3 Å². The molecule has 0 amide bonds. The number of hydrogen-bond acceptors (Lipinski definition) is 3. The summed E-state index contributed by atoms with van der Waals surface area (Å²) in [7, 11) is 0. The molecular formula is C14H20N2O. The van der Waals surface area contributed by atoms with Crippen LogP contribution in [0.3, 0.4) is 0 Å². The average molecular weight is 232 g/mol. The van der Waals surface area contributed by atoms with Gasteiger partial charge in [-0.2, -0.15) is 0 Å². The number of piperidine rings is 1. The first-order chi connectivity index (χ1) is 8.35. The molecule has 0 saturated carbocycles. The predicted octanol–water partition coefficient (Wildman–Crippen LogP) is 2.97. The van der Waals surface area contributed by atoms with Crippen LogP contribution >= 0.6 is 0 Å². The van der Waals surface area contributed by atoms with Crippen molar-refractivity contribution < 1.29 is 5.21 Å². The highest BCUT2D eigenvalue weighted by Gasteiger charge is 2.29. The molecule has 0 spiro atoms. The maximum Gasteiger partial charge on any atom is 0.0485 e. The molecule has 0 radical (unpaired) electrons. The molecule has 1 aromatic carbocycles. The van der Waals surface area contributed by atoms with Crippen LogP contribution in [0.1, 0.15) is 37.8 Å². The van der Waals surface area contributed by atoms with Gasteiger partial charge < -0.3 is 10.5 Å². The fourth-order valence-corrected chi connectivity index (χ4v) is 2.59. The summed E-state index contributed by atoms with van der Waals surface area (Å²) in [5.41, 5.74) is 1.27. The van der Waals surface area contributed by atoms with Crippen LogP contribution < -0.4 is 5.32 Å². The highest BCUT2D eigenvalue weighted by Crippen LogP contribution is 2.31. The van der Waals surface area contributed by atoms with Gasteiger partial charge in [0.2, 0.25) is 0 Å². The van der Waals surface area contributed by atoms with Crippen LogP contribution in [0.15, 0.2) is 35.5 Å². The Kier molecular flexibility index (Phi) is 4.15. The van der Waals surface area contributed by atoms with Gasteiger partial charge in [0.1, 0.15) is 0 Å². The van der Waals surface area contributed by atoms with Crippen LogP contribution in [0.5, 0.6) is 0 Å². The van der Waals surface area contributed by atoms with Crippen molar-refractivity contribution >= 4 is 6.21 Å². The van der Waals surface area contributed by atoms with Crippen molar-refractivity contribution in [2.75, 3.05) is 0 Å². The van der Waals surface area contributed by atoms with E-state index in [1.165, 1.54) is 5.56 Å². The number of hydrogen-bond donors (Lipinski definition) is 2. The van der Waals surface area contributed by atoms with Crippen LogP contribution in [-0.2, 0) is 0 Å². The Labute approximate surface area is 103 Å². The lowest BCUT2D eigenvalue weighted by atomic mass is 9.84. The summed E-state index contributed by atoms with van der Waals surface area (Å²) in [4.78, 5) is 0. The lowest BCUT2D eigenvalue weighted by Gasteiger charge is -2.35. The fraction of sp³-hybridized carbons (Fsp3) is 0.500. The van der Waals surface area contributed by atoms with Crippen LogP contribution in [0.4, 0.5) is 0 Å².